The molecule has 2 aromatic rings. The maximum Gasteiger partial charge on any atom is 0.320 e. The summed E-state index contributed by atoms with van der Waals surface area (Å²) in [6, 6.07) is 4.99. The molecule has 7 heteroatoms. The van der Waals surface area contributed by atoms with Gasteiger partial charge in [-0.1, -0.05) is 0 Å². The molecule has 2 amide bonds. The molecule has 0 atom stereocenters. The zero-order chi connectivity index (χ0) is 15.2. The Kier molecular flexibility index (Phi) is 4.45. The van der Waals surface area contributed by atoms with E-state index in [4.69, 9.17) is 5.41 Å². The van der Waals surface area contributed by atoms with Crippen molar-refractivity contribution in [2.24, 2.45) is 0 Å². The van der Waals surface area contributed by atoms with Crippen LogP contribution in [-0.4, -0.2) is 29.3 Å². The van der Waals surface area contributed by atoms with E-state index in [1.165, 1.54) is 13.3 Å². The topological polar surface area (TPSA) is 103 Å². The predicted molar refractivity (Wildman–Crippen MR) is 82.5 cm³/mol. The van der Waals surface area contributed by atoms with Gasteiger partial charge in [-0.2, -0.15) is 0 Å². The minimum atomic E-state index is -0.358. The van der Waals surface area contributed by atoms with Gasteiger partial charge in [0.05, 0.1) is 11.9 Å². The lowest BCUT2D eigenvalue weighted by Gasteiger charge is -2.11. The predicted octanol–water partition coefficient (Wildman–Crippen LogP) is 2.28. The van der Waals surface area contributed by atoms with Crippen LogP contribution in [0.4, 0.5) is 22.0 Å². The lowest BCUT2D eigenvalue weighted by atomic mass is 10.2. The molecule has 2 heterocycles. The number of nitrogens with zero attached hydrogens (tertiary/aromatic N) is 2. The highest BCUT2D eigenvalue weighted by Gasteiger charge is 2.06. The molecule has 7 nitrogen and oxygen atoms in total. The second-order valence-corrected chi connectivity index (χ2v) is 4.32. The van der Waals surface area contributed by atoms with Crippen molar-refractivity contribution < 1.29 is 4.79 Å². The largest absolute Gasteiger partial charge is 0.354 e. The number of hydrogen-bond acceptors (Lipinski definition) is 5. The van der Waals surface area contributed by atoms with E-state index in [2.05, 4.69) is 25.9 Å². The Morgan fingerprint density at radius 1 is 1.33 bits per heavy atom. The van der Waals surface area contributed by atoms with Gasteiger partial charge in [-0.3, -0.25) is 10.3 Å². The maximum atomic E-state index is 11.3. The molecule has 0 unspecified atom stereocenters. The molecule has 0 aliphatic carbocycles. The summed E-state index contributed by atoms with van der Waals surface area (Å²) < 4.78 is 0. The highest BCUT2D eigenvalue weighted by molar-refractivity contribution is 5.92. The van der Waals surface area contributed by atoms with E-state index in [9.17, 15) is 4.79 Å². The van der Waals surface area contributed by atoms with Gasteiger partial charge in [0.1, 0.15) is 5.82 Å². The Morgan fingerprint density at radius 3 is 2.81 bits per heavy atom. The molecule has 0 bridgehead atoms. The Hall–Kier alpha value is -2.96. The number of nitrogens with one attached hydrogen (secondary N) is 4. The van der Waals surface area contributed by atoms with E-state index < -0.39 is 0 Å². The third-order valence-electron chi connectivity index (χ3n) is 2.74. The van der Waals surface area contributed by atoms with Crippen molar-refractivity contribution in [3.8, 4) is 0 Å². The second-order valence-electron chi connectivity index (χ2n) is 4.32. The van der Waals surface area contributed by atoms with Gasteiger partial charge in [-0.25, -0.2) is 9.78 Å². The van der Waals surface area contributed by atoms with Crippen LogP contribution in [0.5, 0.6) is 0 Å². The van der Waals surface area contributed by atoms with Crippen molar-refractivity contribution in [1.29, 1.82) is 5.41 Å². The average molecular weight is 284 g/mol. The van der Waals surface area contributed by atoms with Gasteiger partial charge < -0.3 is 16.0 Å². The number of aryl methyl sites for hydroxylation is 1. The summed E-state index contributed by atoms with van der Waals surface area (Å²) in [5.74, 6) is 0.379. The minimum absolute atomic E-state index is 0.358. The molecular weight excluding hydrogens is 268 g/mol. The zero-order valence-electron chi connectivity index (χ0n) is 11.8. The molecule has 0 saturated heterocycles. The number of pyridine rings is 2. The van der Waals surface area contributed by atoms with Crippen molar-refractivity contribution in [1.82, 2.24) is 15.3 Å². The van der Waals surface area contributed by atoms with Crippen LogP contribution in [0.2, 0.25) is 0 Å². The second kappa shape index (κ2) is 6.47. The van der Waals surface area contributed by atoms with Crippen LogP contribution in [0.1, 0.15) is 11.3 Å². The highest BCUT2D eigenvalue weighted by Crippen LogP contribution is 2.21. The standard InChI is InChI=1S/C14H16N6O/c1-9-5-11(3-4-17-9)19-12-8-18-13(6-10(12)7-15)20-14(21)16-2/h3-8,15H,1-2H3,(H,17,19)(H2,16,18,20,21). The summed E-state index contributed by atoms with van der Waals surface area (Å²) in [6.07, 6.45) is 4.48. The van der Waals surface area contributed by atoms with Gasteiger partial charge in [-0.15, -0.1) is 0 Å². The molecule has 0 spiro atoms. The Morgan fingerprint density at radius 2 is 2.14 bits per heavy atom. The van der Waals surface area contributed by atoms with E-state index in [-0.39, 0.29) is 6.03 Å². The molecule has 0 aromatic carbocycles. The van der Waals surface area contributed by atoms with Gasteiger partial charge in [0.15, 0.2) is 0 Å². The van der Waals surface area contributed by atoms with Crippen LogP contribution in [0.15, 0.2) is 30.6 Å². The van der Waals surface area contributed by atoms with Crippen molar-refractivity contribution in [3.63, 3.8) is 0 Å². The van der Waals surface area contributed by atoms with E-state index in [0.717, 1.165) is 11.4 Å². The molecular formula is C14H16N6O. The van der Waals surface area contributed by atoms with Gasteiger partial charge in [-0.05, 0) is 25.1 Å². The van der Waals surface area contributed by atoms with Gasteiger partial charge in [0.2, 0.25) is 0 Å². The quantitative estimate of drug-likeness (QED) is 0.647. The number of urea groups is 1. The van der Waals surface area contributed by atoms with Crippen LogP contribution in [0.3, 0.4) is 0 Å². The summed E-state index contributed by atoms with van der Waals surface area (Å²) >= 11 is 0. The summed E-state index contributed by atoms with van der Waals surface area (Å²) in [5, 5.41) is 15.7. The first kappa shape index (κ1) is 14.4. The van der Waals surface area contributed by atoms with Crippen LogP contribution in [-0.2, 0) is 0 Å². The van der Waals surface area contributed by atoms with Crippen LogP contribution >= 0.6 is 0 Å². The first-order chi connectivity index (χ1) is 10.1. The number of carbonyl (C=O) groups excluding carboxylic acids is 1. The fourth-order valence-corrected chi connectivity index (χ4v) is 1.72. The number of rotatable bonds is 4. The Bertz CT molecular complexity index is 670. The summed E-state index contributed by atoms with van der Waals surface area (Å²) in [4.78, 5) is 19.5. The third-order valence-corrected chi connectivity index (χ3v) is 2.74. The lowest BCUT2D eigenvalue weighted by molar-refractivity contribution is 0.254. The van der Waals surface area contributed by atoms with Gasteiger partial charge in [0, 0.05) is 36.4 Å². The van der Waals surface area contributed by atoms with Crippen molar-refractivity contribution in [3.05, 3.63) is 41.9 Å². The van der Waals surface area contributed by atoms with Gasteiger partial charge in [0.25, 0.3) is 0 Å². The Labute approximate surface area is 122 Å². The number of hydrogen-bond donors (Lipinski definition) is 4. The molecule has 2 aromatic heterocycles. The van der Waals surface area contributed by atoms with E-state index in [1.54, 1.807) is 18.5 Å². The van der Waals surface area contributed by atoms with Crippen LogP contribution < -0.4 is 16.0 Å². The van der Waals surface area contributed by atoms with E-state index >= 15 is 0 Å². The first-order valence-corrected chi connectivity index (χ1v) is 6.31. The molecule has 0 radical (unpaired) electrons. The summed E-state index contributed by atoms with van der Waals surface area (Å²) in [5.41, 5.74) is 3.05. The fraction of sp³-hybridized carbons (Fsp3) is 0.143. The average Bonchev–Trinajstić information content (AvgIpc) is 2.48. The van der Waals surface area contributed by atoms with Gasteiger partial charge >= 0.3 is 6.03 Å². The monoisotopic (exact) mass is 284 g/mol. The SMILES string of the molecule is CNC(=O)Nc1cc(C=N)c(Nc2ccnc(C)c2)cn1. The molecule has 21 heavy (non-hydrogen) atoms. The normalized spacial score (nSPS) is 9.81. The summed E-state index contributed by atoms with van der Waals surface area (Å²) in [6.45, 7) is 1.90. The fourth-order valence-electron chi connectivity index (χ4n) is 1.72. The number of carbonyl (C=O) groups is 1. The first-order valence-electron chi connectivity index (χ1n) is 6.31. The van der Waals surface area contributed by atoms with E-state index in [0.29, 0.717) is 17.1 Å². The minimum Gasteiger partial charge on any atom is -0.354 e. The third kappa shape index (κ3) is 3.75. The smallest absolute Gasteiger partial charge is 0.320 e. The van der Waals surface area contributed by atoms with Crippen LogP contribution in [0, 0.1) is 12.3 Å². The van der Waals surface area contributed by atoms with Crippen LogP contribution in [0.25, 0.3) is 0 Å². The molecule has 0 aliphatic heterocycles. The molecule has 2 rings (SSSR count). The maximum absolute atomic E-state index is 11.3. The molecule has 0 fully saturated rings. The number of anilines is 3. The van der Waals surface area contributed by atoms with E-state index in [1.807, 2.05) is 19.1 Å². The molecule has 0 saturated carbocycles. The molecule has 0 aliphatic rings. The number of amides is 2. The summed E-state index contributed by atoms with van der Waals surface area (Å²) in [7, 11) is 1.52. The Balaban J connectivity index is 2.24. The zero-order valence-corrected chi connectivity index (χ0v) is 11.8. The van der Waals surface area contributed by atoms with Crippen molar-refractivity contribution >= 4 is 29.4 Å². The number of aromatic nitrogens is 2. The van der Waals surface area contributed by atoms with Crippen molar-refractivity contribution in [2.75, 3.05) is 17.7 Å². The van der Waals surface area contributed by atoms with Crippen molar-refractivity contribution in [2.45, 2.75) is 6.92 Å². The molecule has 108 valence electrons. The highest BCUT2D eigenvalue weighted by atomic mass is 16.2. The molecule has 4 N–H and O–H groups in total. The lowest BCUT2D eigenvalue weighted by Crippen LogP contribution is -2.25.